The van der Waals surface area contributed by atoms with Crippen LogP contribution in [0.3, 0.4) is 0 Å². The molecule has 0 saturated carbocycles. The molecule has 0 aliphatic heterocycles. The molecule has 0 saturated heterocycles. The van der Waals surface area contributed by atoms with E-state index in [1.807, 2.05) is 0 Å². The Bertz CT molecular complexity index is 347. The molecule has 0 aliphatic carbocycles. The Kier molecular flexibility index (Phi) is 1.65. The lowest BCUT2D eigenvalue weighted by molar-refractivity contribution is -0.394. The molecule has 0 spiro atoms. The zero-order chi connectivity index (χ0) is 10.0. The van der Waals surface area contributed by atoms with E-state index in [-0.39, 0.29) is 0 Å². The highest BCUT2D eigenvalue weighted by atomic mass is 16.6. The molecule has 6 nitrogen and oxygen atoms in total. The maximum absolute atomic E-state index is 10.3. The number of nitro groups is 2. The van der Waals surface area contributed by atoms with Crippen LogP contribution in [0.5, 0.6) is 0 Å². The summed E-state index contributed by atoms with van der Waals surface area (Å²) < 4.78 is 7.12. The zero-order valence-corrected chi connectivity index (χ0v) is 5.76. The highest BCUT2D eigenvalue weighted by molar-refractivity contribution is 5.42. The molecule has 0 aromatic heterocycles. The Morgan fingerprint density at radius 1 is 1.17 bits per heavy atom. The Morgan fingerprint density at radius 2 is 1.58 bits per heavy atom. The summed E-state index contributed by atoms with van der Waals surface area (Å²) in [6, 6.07) is 2.61. The van der Waals surface area contributed by atoms with Gasteiger partial charge in [0.15, 0.2) is 0 Å². The van der Waals surface area contributed by atoms with Gasteiger partial charge in [-0.05, 0) is 6.07 Å². The fourth-order valence-corrected chi connectivity index (χ4v) is 0.658. The third kappa shape index (κ3) is 1.54. The molecule has 1 aromatic carbocycles. The molecule has 0 heterocycles. The standard InChI is InChI=1S/C6H4N2O4/c9-7(10)5-2-1-3-6(4-5)8(11)12/h1-4H/i4D. The Labute approximate surface area is 68.1 Å². The van der Waals surface area contributed by atoms with E-state index in [1.54, 1.807) is 0 Å². The summed E-state index contributed by atoms with van der Waals surface area (Å²) in [7, 11) is 0. The maximum atomic E-state index is 10.3. The second-order valence-corrected chi connectivity index (χ2v) is 1.94. The molecule has 1 aromatic rings. The van der Waals surface area contributed by atoms with Gasteiger partial charge >= 0.3 is 0 Å². The quantitative estimate of drug-likeness (QED) is 0.495. The number of hydrogen-bond acceptors (Lipinski definition) is 4. The minimum absolute atomic E-state index is 0.561. The van der Waals surface area contributed by atoms with Crippen LogP contribution in [-0.2, 0) is 0 Å². The summed E-state index contributed by atoms with van der Waals surface area (Å²) in [6.45, 7) is 0. The van der Waals surface area contributed by atoms with Crippen molar-refractivity contribution < 1.29 is 11.2 Å². The van der Waals surface area contributed by atoms with Crippen LogP contribution in [0, 0.1) is 20.2 Å². The first-order chi connectivity index (χ1) is 6.04. The van der Waals surface area contributed by atoms with Gasteiger partial charge in [0.25, 0.3) is 11.4 Å². The van der Waals surface area contributed by atoms with Crippen LogP contribution in [0.2, 0.25) is 0 Å². The second kappa shape index (κ2) is 2.95. The third-order valence-corrected chi connectivity index (χ3v) is 1.16. The van der Waals surface area contributed by atoms with Gasteiger partial charge in [0.2, 0.25) is 0 Å². The lowest BCUT2D eigenvalue weighted by Gasteiger charge is -1.90. The van der Waals surface area contributed by atoms with Crippen LogP contribution >= 0.6 is 0 Å². The smallest absolute Gasteiger partial charge is 0.258 e. The summed E-state index contributed by atoms with van der Waals surface area (Å²) >= 11 is 0. The number of rotatable bonds is 2. The van der Waals surface area contributed by atoms with E-state index in [4.69, 9.17) is 1.37 Å². The molecular formula is C6H4N2O4. The number of hydrogen-bond donors (Lipinski definition) is 0. The molecule has 0 N–H and O–H groups in total. The Hall–Kier alpha value is -1.98. The topological polar surface area (TPSA) is 86.3 Å². The molecule has 62 valence electrons. The molecule has 0 radical (unpaired) electrons. The van der Waals surface area contributed by atoms with E-state index in [9.17, 15) is 20.2 Å². The van der Waals surface area contributed by atoms with Gasteiger partial charge < -0.3 is 0 Å². The van der Waals surface area contributed by atoms with Crippen molar-refractivity contribution in [2.75, 3.05) is 0 Å². The second-order valence-electron chi connectivity index (χ2n) is 1.94. The van der Waals surface area contributed by atoms with Crippen molar-refractivity contribution in [3.8, 4) is 0 Å². The number of nitro benzene ring substituents is 2. The fourth-order valence-electron chi connectivity index (χ4n) is 0.658. The monoisotopic (exact) mass is 169 g/mol. The SMILES string of the molecule is [2H]c1c([N+](=O)[O-])cccc1[N+](=O)[O-]. The molecule has 0 bridgehead atoms. The first-order valence-corrected chi connectivity index (χ1v) is 2.92. The van der Waals surface area contributed by atoms with E-state index < -0.39 is 27.3 Å². The van der Waals surface area contributed by atoms with Gasteiger partial charge in [-0.25, -0.2) is 0 Å². The fraction of sp³-hybridized carbons (Fsp3) is 0. The lowest BCUT2D eigenvalue weighted by Crippen LogP contribution is -1.91. The van der Waals surface area contributed by atoms with Gasteiger partial charge in [0.1, 0.15) is 0 Å². The van der Waals surface area contributed by atoms with Crippen LogP contribution in [0.1, 0.15) is 1.37 Å². The average Bonchev–Trinajstić information content (AvgIpc) is 2.03. The molecule has 0 aliphatic rings. The first-order valence-electron chi connectivity index (χ1n) is 3.42. The molecule has 0 atom stereocenters. The molecule has 0 fully saturated rings. The molecule has 0 unspecified atom stereocenters. The van der Waals surface area contributed by atoms with Crippen molar-refractivity contribution in [1.29, 1.82) is 0 Å². The summed E-state index contributed by atoms with van der Waals surface area (Å²) in [5.74, 6) is 0. The predicted octanol–water partition coefficient (Wildman–Crippen LogP) is 1.50. The van der Waals surface area contributed by atoms with Crippen LogP contribution in [0.4, 0.5) is 11.4 Å². The van der Waals surface area contributed by atoms with Crippen LogP contribution < -0.4 is 0 Å². The summed E-state index contributed by atoms with van der Waals surface area (Å²) in [5.41, 5.74) is -1.12. The van der Waals surface area contributed by atoms with E-state index in [0.29, 0.717) is 0 Å². The van der Waals surface area contributed by atoms with Gasteiger partial charge in [-0.1, -0.05) is 0 Å². The zero-order valence-electron chi connectivity index (χ0n) is 6.76. The molecule has 1 rings (SSSR count). The van der Waals surface area contributed by atoms with E-state index in [1.165, 1.54) is 6.07 Å². The van der Waals surface area contributed by atoms with Crippen LogP contribution in [0.15, 0.2) is 24.2 Å². The number of nitrogens with zero attached hydrogens (tertiary/aromatic N) is 2. The van der Waals surface area contributed by atoms with E-state index in [2.05, 4.69) is 0 Å². The minimum atomic E-state index is -0.824. The van der Waals surface area contributed by atoms with Crippen molar-refractivity contribution >= 4 is 11.4 Å². The van der Waals surface area contributed by atoms with Crippen molar-refractivity contribution in [3.63, 3.8) is 0 Å². The summed E-state index contributed by atoms with van der Waals surface area (Å²) in [4.78, 5) is 18.9. The van der Waals surface area contributed by atoms with Crippen molar-refractivity contribution in [1.82, 2.24) is 0 Å². The van der Waals surface area contributed by atoms with Gasteiger partial charge in [-0.15, -0.1) is 0 Å². The molecule has 6 heteroatoms. The minimum Gasteiger partial charge on any atom is -0.258 e. The molecular weight excluding hydrogens is 164 g/mol. The maximum Gasteiger partial charge on any atom is 0.276 e. The third-order valence-electron chi connectivity index (χ3n) is 1.16. The molecule has 12 heavy (non-hydrogen) atoms. The normalized spacial score (nSPS) is 10.5. The largest absolute Gasteiger partial charge is 0.276 e. The highest BCUT2D eigenvalue weighted by Gasteiger charge is 2.11. The van der Waals surface area contributed by atoms with E-state index in [0.717, 1.165) is 12.1 Å². The van der Waals surface area contributed by atoms with Gasteiger partial charge in [0.05, 0.1) is 17.3 Å². The van der Waals surface area contributed by atoms with Gasteiger partial charge in [-0.3, -0.25) is 20.2 Å². The van der Waals surface area contributed by atoms with Crippen molar-refractivity contribution in [2.45, 2.75) is 0 Å². The number of benzene rings is 1. The van der Waals surface area contributed by atoms with Crippen LogP contribution in [0.25, 0.3) is 0 Å². The average molecular weight is 169 g/mol. The van der Waals surface area contributed by atoms with E-state index >= 15 is 0 Å². The lowest BCUT2D eigenvalue weighted by atomic mass is 10.3. The van der Waals surface area contributed by atoms with Crippen molar-refractivity contribution in [2.24, 2.45) is 0 Å². The Balaban J connectivity index is 3.35. The highest BCUT2D eigenvalue weighted by Crippen LogP contribution is 2.18. The van der Waals surface area contributed by atoms with Crippen molar-refractivity contribution in [3.05, 3.63) is 44.5 Å². The first kappa shape index (κ1) is 6.71. The van der Waals surface area contributed by atoms with Crippen LogP contribution in [-0.4, -0.2) is 9.85 Å². The van der Waals surface area contributed by atoms with Gasteiger partial charge in [0, 0.05) is 12.1 Å². The molecule has 0 amide bonds. The summed E-state index contributed by atoms with van der Waals surface area (Å²) in [6.07, 6.45) is 0. The van der Waals surface area contributed by atoms with Gasteiger partial charge in [-0.2, -0.15) is 0 Å². The summed E-state index contributed by atoms with van der Waals surface area (Å²) in [5, 5.41) is 20.5. The Morgan fingerprint density at radius 3 is 1.92 bits per heavy atom. The predicted molar refractivity (Wildman–Crippen MR) is 39.8 cm³/mol.